The van der Waals surface area contributed by atoms with E-state index in [9.17, 15) is 0 Å². The van der Waals surface area contributed by atoms with Crippen molar-refractivity contribution in [1.29, 1.82) is 0 Å². The Kier molecular flexibility index (Phi) is 6.36. The van der Waals surface area contributed by atoms with Gasteiger partial charge in [-0.1, -0.05) is 57.7 Å². The summed E-state index contributed by atoms with van der Waals surface area (Å²) in [5, 5.41) is 3.56. The highest BCUT2D eigenvalue weighted by atomic mass is 14.9. The Morgan fingerprint density at radius 2 is 1.95 bits per heavy atom. The van der Waals surface area contributed by atoms with Crippen LogP contribution in [-0.4, -0.2) is 6.54 Å². The van der Waals surface area contributed by atoms with Gasteiger partial charge in [-0.15, -0.1) is 0 Å². The van der Waals surface area contributed by atoms with Crippen LogP contribution in [0.4, 0.5) is 5.69 Å². The molecule has 0 amide bonds. The summed E-state index contributed by atoms with van der Waals surface area (Å²) < 4.78 is 0. The fourth-order valence-corrected chi connectivity index (χ4v) is 2.37. The zero-order valence-electron chi connectivity index (χ0n) is 13.1. The van der Waals surface area contributed by atoms with Crippen LogP contribution in [0.1, 0.15) is 57.6 Å². The van der Waals surface area contributed by atoms with E-state index in [-0.39, 0.29) is 0 Å². The number of aryl methyl sites for hydroxylation is 1. The van der Waals surface area contributed by atoms with Crippen molar-refractivity contribution >= 4 is 5.69 Å². The van der Waals surface area contributed by atoms with E-state index in [4.69, 9.17) is 5.73 Å². The van der Waals surface area contributed by atoms with Crippen LogP contribution in [0.2, 0.25) is 0 Å². The van der Waals surface area contributed by atoms with Crippen LogP contribution in [-0.2, 0) is 6.54 Å². The summed E-state index contributed by atoms with van der Waals surface area (Å²) in [7, 11) is 0. The fourth-order valence-electron chi connectivity index (χ4n) is 2.37. The van der Waals surface area contributed by atoms with E-state index >= 15 is 0 Å². The number of anilines is 1. The van der Waals surface area contributed by atoms with E-state index in [1.807, 2.05) is 6.07 Å². The monoisotopic (exact) mass is 262 g/mol. The number of rotatable bonds is 8. The molecule has 0 aliphatic rings. The fraction of sp³-hybridized carbons (Fsp3) is 0.647. The third kappa shape index (κ3) is 6.11. The third-order valence-electron chi connectivity index (χ3n) is 3.67. The van der Waals surface area contributed by atoms with Gasteiger partial charge in [0.15, 0.2) is 0 Å². The molecule has 0 heterocycles. The van der Waals surface area contributed by atoms with Crippen LogP contribution in [0.3, 0.4) is 0 Å². The maximum Gasteiger partial charge on any atom is 0.0359 e. The van der Waals surface area contributed by atoms with Crippen molar-refractivity contribution in [2.45, 2.75) is 59.9 Å². The summed E-state index contributed by atoms with van der Waals surface area (Å²) >= 11 is 0. The first-order valence-corrected chi connectivity index (χ1v) is 7.50. The van der Waals surface area contributed by atoms with Gasteiger partial charge in [-0.2, -0.15) is 0 Å². The summed E-state index contributed by atoms with van der Waals surface area (Å²) in [4.78, 5) is 0. The molecule has 0 bridgehead atoms. The maximum atomic E-state index is 6.00. The summed E-state index contributed by atoms with van der Waals surface area (Å²) in [5.41, 5.74) is 9.74. The third-order valence-corrected chi connectivity index (χ3v) is 3.67. The molecule has 0 unspecified atom stereocenters. The van der Waals surface area contributed by atoms with Gasteiger partial charge in [0.05, 0.1) is 0 Å². The number of hydrogen-bond acceptors (Lipinski definition) is 2. The van der Waals surface area contributed by atoms with Gasteiger partial charge in [-0.3, -0.25) is 0 Å². The molecule has 1 aromatic rings. The molecule has 0 saturated carbocycles. The normalized spacial score (nSPS) is 11.8. The van der Waals surface area contributed by atoms with Gasteiger partial charge in [-0.25, -0.2) is 0 Å². The standard InChI is InChI=1S/C17H30N2/c1-5-6-7-10-17(3,4)13-19-12-15-11-14(2)8-9-16(15)18/h8-9,11,19H,5-7,10,12-13,18H2,1-4H3. The average molecular weight is 262 g/mol. The van der Waals surface area contributed by atoms with Crippen LogP contribution in [0.5, 0.6) is 0 Å². The van der Waals surface area contributed by atoms with Gasteiger partial charge in [0.1, 0.15) is 0 Å². The lowest BCUT2D eigenvalue weighted by Gasteiger charge is -2.25. The number of nitrogens with two attached hydrogens (primary N) is 1. The average Bonchev–Trinajstić information content (AvgIpc) is 2.33. The van der Waals surface area contributed by atoms with Gasteiger partial charge < -0.3 is 11.1 Å². The van der Waals surface area contributed by atoms with E-state index in [1.54, 1.807) is 0 Å². The molecule has 3 N–H and O–H groups in total. The van der Waals surface area contributed by atoms with Gasteiger partial charge in [0.2, 0.25) is 0 Å². The van der Waals surface area contributed by atoms with E-state index in [0.29, 0.717) is 5.41 Å². The van der Waals surface area contributed by atoms with E-state index < -0.39 is 0 Å². The lowest BCUT2D eigenvalue weighted by molar-refractivity contribution is 0.302. The largest absolute Gasteiger partial charge is 0.398 e. The quantitative estimate of drug-likeness (QED) is 0.542. The number of nitrogens with one attached hydrogen (secondary N) is 1. The molecule has 0 aliphatic heterocycles. The highest BCUT2D eigenvalue weighted by molar-refractivity contribution is 5.48. The minimum Gasteiger partial charge on any atom is -0.398 e. The van der Waals surface area contributed by atoms with Crippen molar-refractivity contribution in [2.24, 2.45) is 5.41 Å². The second-order valence-corrected chi connectivity index (χ2v) is 6.43. The minimum absolute atomic E-state index is 0.369. The Bertz CT molecular complexity index is 383. The minimum atomic E-state index is 0.369. The number of benzene rings is 1. The van der Waals surface area contributed by atoms with Crippen molar-refractivity contribution in [3.63, 3.8) is 0 Å². The first kappa shape index (κ1) is 16.0. The molecule has 0 radical (unpaired) electrons. The van der Waals surface area contributed by atoms with Crippen LogP contribution >= 0.6 is 0 Å². The van der Waals surface area contributed by atoms with Crippen LogP contribution in [0.15, 0.2) is 18.2 Å². The molecule has 1 aromatic carbocycles. The zero-order chi connectivity index (χ0) is 14.3. The topological polar surface area (TPSA) is 38.0 Å². The van der Waals surface area contributed by atoms with E-state index in [1.165, 1.54) is 36.8 Å². The molecule has 19 heavy (non-hydrogen) atoms. The molecular formula is C17H30N2. The van der Waals surface area contributed by atoms with Gasteiger partial charge >= 0.3 is 0 Å². The van der Waals surface area contributed by atoms with Crippen molar-refractivity contribution in [1.82, 2.24) is 5.32 Å². The lowest BCUT2D eigenvalue weighted by atomic mass is 9.87. The highest BCUT2D eigenvalue weighted by Crippen LogP contribution is 2.23. The Hall–Kier alpha value is -1.02. The van der Waals surface area contributed by atoms with Gasteiger partial charge in [-0.05, 0) is 30.4 Å². The second kappa shape index (κ2) is 7.54. The summed E-state index contributed by atoms with van der Waals surface area (Å²) in [6.07, 6.45) is 5.26. The summed E-state index contributed by atoms with van der Waals surface area (Å²) in [6, 6.07) is 6.23. The predicted octanol–water partition coefficient (Wildman–Crippen LogP) is 4.27. The second-order valence-electron chi connectivity index (χ2n) is 6.43. The van der Waals surface area contributed by atoms with Gasteiger partial charge in [0, 0.05) is 18.8 Å². The van der Waals surface area contributed by atoms with Crippen molar-refractivity contribution < 1.29 is 0 Å². The molecule has 2 nitrogen and oxygen atoms in total. The number of nitrogen functional groups attached to an aromatic ring is 1. The number of unbranched alkanes of at least 4 members (excludes halogenated alkanes) is 2. The van der Waals surface area contributed by atoms with Crippen LogP contribution in [0, 0.1) is 12.3 Å². The molecule has 0 aliphatic carbocycles. The molecule has 0 atom stereocenters. The molecule has 0 saturated heterocycles. The zero-order valence-corrected chi connectivity index (χ0v) is 13.1. The Morgan fingerprint density at radius 3 is 2.63 bits per heavy atom. The molecule has 2 heteroatoms. The smallest absolute Gasteiger partial charge is 0.0359 e. The maximum absolute atomic E-state index is 6.00. The molecular weight excluding hydrogens is 232 g/mol. The van der Waals surface area contributed by atoms with E-state index in [2.05, 4.69) is 45.1 Å². The van der Waals surface area contributed by atoms with Crippen molar-refractivity contribution in [2.75, 3.05) is 12.3 Å². The lowest BCUT2D eigenvalue weighted by Crippen LogP contribution is -2.29. The van der Waals surface area contributed by atoms with Gasteiger partial charge in [0.25, 0.3) is 0 Å². The SMILES string of the molecule is CCCCCC(C)(C)CNCc1cc(C)ccc1N. The molecule has 0 spiro atoms. The summed E-state index contributed by atoms with van der Waals surface area (Å²) in [6.45, 7) is 11.0. The molecule has 108 valence electrons. The van der Waals surface area contributed by atoms with Crippen molar-refractivity contribution in [3.05, 3.63) is 29.3 Å². The Labute approximate surface area is 118 Å². The molecule has 1 rings (SSSR count). The summed E-state index contributed by atoms with van der Waals surface area (Å²) in [5.74, 6) is 0. The first-order valence-electron chi connectivity index (χ1n) is 7.50. The number of hydrogen-bond donors (Lipinski definition) is 2. The Balaban J connectivity index is 2.38. The van der Waals surface area contributed by atoms with E-state index in [0.717, 1.165) is 18.8 Å². The highest BCUT2D eigenvalue weighted by Gasteiger charge is 2.16. The molecule has 0 fully saturated rings. The van der Waals surface area contributed by atoms with Crippen LogP contribution < -0.4 is 11.1 Å². The van der Waals surface area contributed by atoms with Crippen molar-refractivity contribution in [3.8, 4) is 0 Å². The predicted molar refractivity (Wildman–Crippen MR) is 85.2 cm³/mol. The van der Waals surface area contributed by atoms with Crippen LogP contribution in [0.25, 0.3) is 0 Å². The Morgan fingerprint density at radius 1 is 1.21 bits per heavy atom. The molecule has 0 aromatic heterocycles. The first-order chi connectivity index (χ1) is 8.94.